The van der Waals surface area contributed by atoms with Crippen LogP contribution in [0.15, 0.2) is 42.5 Å². The van der Waals surface area contributed by atoms with Crippen LogP contribution in [0.3, 0.4) is 0 Å². The summed E-state index contributed by atoms with van der Waals surface area (Å²) in [5.41, 5.74) is 1.71. The third kappa shape index (κ3) is 5.19. The average Bonchev–Trinajstić information content (AvgIpc) is 3.19. The van der Waals surface area contributed by atoms with Gasteiger partial charge in [-0.25, -0.2) is 14.2 Å². The van der Waals surface area contributed by atoms with E-state index in [9.17, 15) is 14.3 Å². The summed E-state index contributed by atoms with van der Waals surface area (Å²) < 4.78 is 19.2. The highest BCUT2D eigenvalue weighted by Crippen LogP contribution is 2.28. The Morgan fingerprint density at radius 2 is 2.06 bits per heavy atom. The molecule has 1 fully saturated rings. The number of aromatic amines is 1. The van der Waals surface area contributed by atoms with Gasteiger partial charge in [-0.15, -0.1) is 0 Å². The molecule has 0 aliphatic heterocycles. The highest BCUT2D eigenvalue weighted by atomic mass is 19.1. The second kappa shape index (κ2) is 9.16. The van der Waals surface area contributed by atoms with E-state index in [0.717, 1.165) is 23.9 Å². The number of imidazole rings is 1. The molecule has 1 saturated carbocycles. The van der Waals surface area contributed by atoms with E-state index < -0.39 is 17.5 Å². The molecule has 3 aromatic rings. The van der Waals surface area contributed by atoms with Gasteiger partial charge in [0.25, 0.3) is 0 Å². The van der Waals surface area contributed by atoms with Crippen LogP contribution in [0.5, 0.6) is 5.75 Å². The Morgan fingerprint density at radius 3 is 2.75 bits per heavy atom. The standard InChI is InChI=1S/C24H29FN4O3/c1-24(31)11-9-16(10-12-24)26-23(30)29-20(14-15-7-8-21(32-2)17(25)13-15)22-27-18-5-3-4-6-19(18)28-22/h3-8,13,16,20,31H,9-12,14H2,1-2H3,(H,27,28)(H2,26,29,30)/t16-,20?,24+. The number of halogens is 1. The summed E-state index contributed by atoms with van der Waals surface area (Å²) in [6.45, 7) is 1.83. The van der Waals surface area contributed by atoms with Crippen molar-refractivity contribution in [3.8, 4) is 5.75 Å². The molecule has 8 heteroatoms. The number of para-hydroxylation sites is 2. The molecule has 1 aliphatic rings. The predicted octanol–water partition coefficient (Wildman–Crippen LogP) is 3.99. The van der Waals surface area contributed by atoms with Gasteiger partial charge in [-0.3, -0.25) is 0 Å². The lowest BCUT2D eigenvalue weighted by atomic mass is 9.84. The number of nitrogens with one attached hydrogen (secondary N) is 3. The van der Waals surface area contributed by atoms with Gasteiger partial charge in [-0.05, 0) is 62.4 Å². The number of nitrogens with zero attached hydrogens (tertiary/aromatic N) is 1. The van der Waals surface area contributed by atoms with Crippen molar-refractivity contribution in [1.29, 1.82) is 0 Å². The molecule has 1 heterocycles. The van der Waals surface area contributed by atoms with Crippen LogP contribution in [0.4, 0.5) is 9.18 Å². The number of carbonyl (C=O) groups is 1. The molecule has 32 heavy (non-hydrogen) atoms. The number of hydrogen-bond acceptors (Lipinski definition) is 4. The van der Waals surface area contributed by atoms with Gasteiger partial charge >= 0.3 is 6.03 Å². The summed E-state index contributed by atoms with van der Waals surface area (Å²) in [5.74, 6) is 0.323. The lowest BCUT2D eigenvalue weighted by Crippen LogP contribution is -2.47. The molecule has 2 aromatic carbocycles. The maximum absolute atomic E-state index is 14.2. The van der Waals surface area contributed by atoms with Crippen LogP contribution in [0, 0.1) is 5.82 Å². The predicted molar refractivity (Wildman–Crippen MR) is 120 cm³/mol. The fourth-order valence-electron chi connectivity index (χ4n) is 4.20. The van der Waals surface area contributed by atoms with Gasteiger partial charge in [0.05, 0.1) is 29.8 Å². The molecule has 4 rings (SSSR count). The Labute approximate surface area is 186 Å². The van der Waals surface area contributed by atoms with Crippen LogP contribution in [-0.4, -0.2) is 39.9 Å². The SMILES string of the molecule is COc1ccc(CC(NC(=O)N[C@H]2CC[C@@](C)(O)CC2)c2nc3ccccc3[nH]2)cc1F. The molecule has 1 atom stereocenters. The van der Waals surface area contributed by atoms with Crippen molar-refractivity contribution in [2.75, 3.05) is 7.11 Å². The fraction of sp³-hybridized carbons (Fsp3) is 0.417. The number of hydrogen-bond donors (Lipinski definition) is 4. The molecule has 1 aliphatic carbocycles. The summed E-state index contributed by atoms with van der Waals surface area (Å²) in [6.07, 6.45) is 3.10. The molecule has 0 saturated heterocycles. The number of rotatable bonds is 6. The highest BCUT2D eigenvalue weighted by Gasteiger charge is 2.30. The molecular weight excluding hydrogens is 411 g/mol. The summed E-state index contributed by atoms with van der Waals surface area (Å²) in [7, 11) is 1.42. The lowest BCUT2D eigenvalue weighted by Gasteiger charge is -2.33. The Kier molecular flexibility index (Phi) is 6.32. The van der Waals surface area contributed by atoms with Gasteiger partial charge in [-0.1, -0.05) is 18.2 Å². The Balaban J connectivity index is 1.52. The first kappa shape index (κ1) is 22.1. The molecule has 1 unspecified atom stereocenters. The highest BCUT2D eigenvalue weighted by molar-refractivity contribution is 5.76. The van der Waals surface area contributed by atoms with Crippen LogP contribution in [0.25, 0.3) is 11.0 Å². The molecule has 1 aromatic heterocycles. The summed E-state index contributed by atoms with van der Waals surface area (Å²) in [4.78, 5) is 20.7. The Bertz CT molecular complexity index is 1050. The Morgan fingerprint density at radius 1 is 1.31 bits per heavy atom. The smallest absolute Gasteiger partial charge is 0.315 e. The normalized spacial score (nSPS) is 21.8. The van der Waals surface area contributed by atoms with Crippen LogP contribution < -0.4 is 15.4 Å². The number of carbonyl (C=O) groups excluding carboxylic acids is 1. The molecular formula is C24H29FN4O3. The van der Waals surface area contributed by atoms with Gasteiger partial charge in [0.2, 0.25) is 0 Å². The van der Waals surface area contributed by atoms with Crippen LogP contribution >= 0.6 is 0 Å². The van der Waals surface area contributed by atoms with Crippen molar-refractivity contribution in [1.82, 2.24) is 20.6 Å². The molecule has 170 valence electrons. The number of aliphatic hydroxyl groups is 1. The minimum absolute atomic E-state index is 0.00461. The van der Waals surface area contributed by atoms with Gasteiger partial charge < -0.3 is 25.5 Å². The van der Waals surface area contributed by atoms with Gasteiger partial charge in [0, 0.05) is 12.5 Å². The van der Waals surface area contributed by atoms with Crippen LogP contribution in [0.1, 0.15) is 50.0 Å². The van der Waals surface area contributed by atoms with E-state index in [4.69, 9.17) is 4.74 Å². The third-order valence-electron chi connectivity index (χ3n) is 6.10. The fourth-order valence-corrected chi connectivity index (χ4v) is 4.20. The zero-order valence-corrected chi connectivity index (χ0v) is 18.3. The first-order valence-electron chi connectivity index (χ1n) is 10.9. The topological polar surface area (TPSA) is 99.3 Å². The van der Waals surface area contributed by atoms with Gasteiger partial charge in [0.1, 0.15) is 5.82 Å². The third-order valence-corrected chi connectivity index (χ3v) is 6.10. The summed E-state index contributed by atoms with van der Waals surface area (Å²) in [6, 6.07) is 11.6. The zero-order valence-electron chi connectivity index (χ0n) is 18.3. The number of ether oxygens (including phenoxy) is 1. The largest absolute Gasteiger partial charge is 0.494 e. The minimum atomic E-state index is -0.663. The minimum Gasteiger partial charge on any atom is -0.494 e. The zero-order chi connectivity index (χ0) is 22.7. The first-order chi connectivity index (χ1) is 15.3. The van der Waals surface area contributed by atoms with Crippen molar-refractivity contribution in [3.05, 3.63) is 59.7 Å². The number of fused-ring (bicyclic) bond motifs is 1. The molecule has 4 N–H and O–H groups in total. The van der Waals surface area contributed by atoms with Gasteiger partial charge in [0.15, 0.2) is 11.6 Å². The number of H-pyrrole nitrogens is 1. The average molecular weight is 441 g/mol. The maximum Gasteiger partial charge on any atom is 0.315 e. The van der Waals surface area contributed by atoms with Crippen molar-refractivity contribution >= 4 is 17.1 Å². The van der Waals surface area contributed by atoms with E-state index in [0.29, 0.717) is 30.7 Å². The number of benzene rings is 2. The number of amides is 2. The van der Waals surface area contributed by atoms with Gasteiger partial charge in [-0.2, -0.15) is 0 Å². The number of urea groups is 1. The second-order valence-corrected chi connectivity index (χ2v) is 8.75. The van der Waals surface area contributed by atoms with Crippen molar-refractivity contribution < 1.29 is 19.0 Å². The maximum atomic E-state index is 14.2. The quantitative estimate of drug-likeness (QED) is 0.466. The van der Waals surface area contributed by atoms with E-state index >= 15 is 0 Å². The summed E-state index contributed by atoms with van der Waals surface area (Å²) >= 11 is 0. The van der Waals surface area contributed by atoms with Crippen molar-refractivity contribution in [3.63, 3.8) is 0 Å². The van der Waals surface area contributed by atoms with E-state index in [1.165, 1.54) is 13.2 Å². The monoisotopic (exact) mass is 440 g/mol. The van der Waals surface area contributed by atoms with Crippen molar-refractivity contribution in [2.45, 2.75) is 56.7 Å². The van der Waals surface area contributed by atoms with E-state index in [2.05, 4.69) is 20.6 Å². The molecule has 0 spiro atoms. The molecule has 2 amide bonds. The molecule has 7 nitrogen and oxygen atoms in total. The van der Waals surface area contributed by atoms with Crippen LogP contribution in [-0.2, 0) is 6.42 Å². The van der Waals surface area contributed by atoms with E-state index in [1.807, 2.05) is 31.2 Å². The second-order valence-electron chi connectivity index (χ2n) is 8.75. The molecule has 0 bridgehead atoms. The Hall–Kier alpha value is -3.13. The van der Waals surface area contributed by atoms with Crippen LogP contribution in [0.2, 0.25) is 0 Å². The van der Waals surface area contributed by atoms with E-state index in [1.54, 1.807) is 12.1 Å². The number of aromatic nitrogens is 2. The summed E-state index contributed by atoms with van der Waals surface area (Å²) in [5, 5.41) is 16.1. The van der Waals surface area contributed by atoms with Crippen molar-refractivity contribution in [2.24, 2.45) is 0 Å². The molecule has 0 radical (unpaired) electrons. The van der Waals surface area contributed by atoms with E-state index in [-0.39, 0.29) is 17.8 Å². The lowest BCUT2D eigenvalue weighted by molar-refractivity contribution is 0.0151. The first-order valence-corrected chi connectivity index (χ1v) is 10.9. The number of methoxy groups -OCH3 is 1.